The number of ether oxygens (including phenoxy) is 2. The molecular formula is C23H19ClF3N3O6. The zero-order valence-corrected chi connectivity index (χ0v) is 19.6. The van der Waals surface area contributed by atoms with Crippen molar-refractivity contribution >= 4 is 35.1 Å². The number of alkyl halides is 3. The Morgan fingerprint density at radius 1 is 1.06 bits per heavy atom. The van der Waals surface area contributed by atoms with Crippen LogP contribution >= 0.6 is 11.6 Å². The summed E-state index contributed by atoms with van der Waals surface area (Å²) >= 11 is 5.85. The van der Waals surface area contributed by atoms with Crippen molar-refractivity contribution in [3.05, 3.63) is 58.9 Å². The largest absolute Gasteiger partial charge is 0.470 e. The van der Waals surface area contributed by atoms with Crippen LogP contribution in [0.25, 0.3) is 11.5 Å². The Kier molecular flexibility index (Phi) is 8.30. The molecule has 0 radical (unpaired) electrons. The number of esters is 2. The molecule has 0 saturated heterocycles. The summed E-state index contributed by atoms with van der Waals surface area (Å²) in [5.41, 5.74) is 0.150. The number of nitrogens with one attached hydrogen (secondary N) is 1. The van der Waals surface area contributed by atoms with Crippen molar-refractivity contribution in [1.82, 2.24) is 10.2 Å². The molecule has 1 atom stereocenters. The maximum Gasteiger partial charge on any atom is 0.470 e. The average molecular weight is 526 g/mol. The first kappa shape index (κ1) is 26.7. The third kappa shape index (κ3) is 7.04. The highest BCUT2D eigenvalue weighted by Gasteiger charge is 2.38. The molecule has 0 aliphatic carbocycles. The maximum atomic E-state index is 13.0. The summed E-state index contributed by atoms with van der Waals surface area (Å²) < 4.78 is 53.1. The summed E-state index contributed by atoms with van der Waals surface area (Å²) in [6.45, 7) is 1.64. The number of rotatable bonds is 8. The van der Waals surface area contributed by atoms with Gasteiger partial charge in [0.15, 0.2) is 0 Å². The number of methoxy groups -OCH3 is 1. The van der Waals surface area contributed by atoms with Gasteiger partial charge in [0, 0.05) is 29.1 Å². The third-order valence-corrected chi connectivity index (χ3v) is 4.97. The molecule has 1 aromatic heterocycles. The van der Waals surface area contributed by atoms with Crippen LogP contribution < -0.4 is 10.1 Å². The number of hydrogen-bond acceptors (Lipinski definition) is 8. The second-order valence-electron chi connectivity index (χ2n) is 7.65. The molecular weight excluding hydrogens is 507 g/mol. The number of hydrogen-bond donors (Lipinski definition) is 1. The summed E-state index contributed by atoms with van der Waals surface area (Å²) in [4.78, 5) is 36.9. The summed E-state index contributed by atoms with van der Waals surface area (Å²) in [5.74, 6) is -4.60. The Hall–Kier alpha value is -3.93. The number of anilines is 1. The van der Waals surface area contributed by atoms with Gasteiger partial charge in [0.25, 0.3) is 5.91 Å². The van der Waals surface area contributed by atoms with Gasteiger partial charge in [-0.25, -0.2) is 0 Å². The van der Waals surface area contributed by atoms with Gasteiger partial charge in [-0.15, -0.1) is 10.2 Å². The van der Waals surface area contributed by atoms with Crippen molar-refractivity contribution in [3.63, 3.8) is 0 Å². The number of carbonyl (C=O) groups is 3. The fraction of sp³-hybridized carbons (Fsp3) is 0.261. The van der Waals surface area contributed by atoms with Gasteiger partial charge in [-0.05, 0) is 48.4 Å². The second-order valence-corrected chi connectivity index (χ2v) is 8.08. The molecule has 1 unspecified atom stereocenters. The summed E-state index contributed by atoms with van der Waals surface area (Å²) in [7, 11) is 1.22. The van der Waals surface area contributed by atoms with Crippen LogP contribution in [0.2, 0.25) is 5.02 Å². The first-order chi connectivity index (χ1) is 17.0. The van der Waals surface area contributed by atoms with Crippen molar-refractivity contribution in [2.45, 2.75) is 25.9 Å². The van der Waals surface area contributed by atoms with Gasteiger partial charge < -0.3 is 19.2 Å². The van der Waals surface area contributed by atoms with Crippen LogP contribution in [0.1, 0.15) is 36.0 Å². The number of aromatic nitrogens is 2. The third-order valence-electron chi connectivity index (χ3n) is 4.72. The Bertz CT molecular complexity index is 1260. The minimum atomic E-state index is -4.85. The van der Waals surface area contributed by atoms with Crippen LogP contribution in [0.5, 0.6) is 5.75 Å². The minimum absolute atomic E-state index is 0.0156. The predicted octanol–water partition coefficient (Wildman–Crippen LogP) is 5.16. The molecule has 1 amide bonds. The second kappa shape index (κ2) is 11.2. The van der Waals surface area contributed by atoms with Crippen LogP contribution in [0.3, 0.4) is 0 Å². The molecule has 3 rings (SSSR count). The van der Waals surface area contributed by atoms with Crippen LogP contribution in [0.4, 0.5) is 18.9 Å². The summed E-state index contributed by atoms with van der Waals surface area (Å²) in [5, 5.41) is 9.37. The molecule has 36 heavy (non-hydrogen) atoms. The molecule has 3 aromatic rings. The molecule has 0 aliphatic rings. The average Bonchev–Trinajstić information content (AvgIpc) is 3.31. The first-order valence-electron chi connectivity index (χ1n) is 10.4. The van der Waals surface area contributed by atoms with Crippen molar-refractivity contribution in [1.29, 1.82) is 0 Å². The van der Waals surface area contributed by atoms with E-state index in [4.69, 9.17) is 16.3 Å². The summed E-state index contributed by atoms with van der Waals surface area (Å²) in [6.07, 6.45) is -5.03. The molecule has 190 valence electrons. The molecule has 13 heteroatoms. The van der Waals surface area contributed by atoms with E-state index >= 15 is 0 Å². The van der Waals surface area contributed by atoms with Gasteiger partial charge in [0.2, 0.25) is 5.89 Å². The molecule has 1 N–H and O–H groups in total. The zero-order valence-electron chi connectivity index (χ0n) is 18.9. The van der Waals surface area contributed by atoms with Crippen LogP contribution in [0.15, 0.2) is 46.9 Å². The Labute approximate surface area is 207 Å². The standard InChI is InChI=1S/C23H19ClF3N3O6/c1-12(9-18(31)34-2)10-19(32)35-17-8-3-13(21-29-30-22(36-21)23(25,26)27)11-16(17)20(33)28-15-6-4-14(24)5-7-15/h3-8,11-12H,9-10H2,1-2H3,(H,28,33). The van der Waals surface area contributed by atoms with Gasteiger partial charge >= 0.3 is 24.0 Å². The highest BCUT2D eigenvalue weighted by Crippen LogP contribution is 2.32. The Morgan fingerprint density at radius 2 is 1.72 bits per heavy atom. The lowest BCUT2D eigenvalue weighted by atomic mass is 10.0. The Balaban J connectivity index is 1.89. The van der Waals surface area contributed by atoms with Gasteiger partial charge in [-0.3, -0.25) is 14.4 Å². The zero-order chi connectivity index (χ0) is 26.5. The number of halogens is 4. The monoisotopic (exact) mass is 525 g/mol. The quantitative estimate of drug-likeness (QED) is 0.316. The molecule has 1 heterocycles. The normalized spacial score (nSPS) is 12.1. The summed E-state index contributed by atoms with van der Waals surface area (Å²) in [6, 6.07) is 9.75. The van der Waals surface area contributed by atoms with E-state index in [1.54, 1.807) is 6.92 Å². The first-order valence-corrected chi connectivity index (χ1v) is 10.7. The van der Waals surface area contributed by atoms with Gasteiger partial charge in [-0.1, -0.05) is 18.5 Å². The molecule has 9 nitrogen and oxygen atoms in total. The van der Waals surface area contributed by atoms with E-state index < -0.39 is 41.7 Å². The number of benzene rings is 2. The highest BCUT2D eigenvalue weighted by atomic mass is 35.5. The van der Waals surface area contributed by atoms with Crippen LogP contribution in [-0.4, -0.2) is 35.2 Å². The fourth-order valence-corrected chi connectivity index (χ4v) is 3.13. The number of amides is 1. The fourth-order valence-electron chi connectivity index (χ4n) is 3.00. The number of carbonyl (C=O) groups excluding carboxylic acids is 3. The van der Waals surface area contributed by atoms with Crippen molar-refractivity contribution in [2.75, 3.05) is 12.4 Å². The highest BCUT2D eigenvalue weighted by molar-refractivity contribution is 6.30. The van der Waals surface area contributed by atoms with E-state index in [-0.39, 0.29) is 29.7 Å². The minimum Gasteiger partial charge on any atom is -0.469 e. The predicted molar refractivity (Wildman–Crippen MR) is 120 cm³/mol. The lowest BCUT2D eigenvalue weighted by molar-refractivity contribution is -0.157. The lowest BCUT2D eigenvalue weighted by Crippen LogP contribution is -2.18. The molecule has 0 spiro atoms. The molecule has 2 aromatic carbocycles. The molecule has 0 aliphatic heterocycles. The van der Waals surface area contributed by atoms with E-state index in [2.05, 4.69) is 24.7 Å². The lowest BCUT2D eigenvalue weighted by Gasteiger charge is -2.13. The van der Waals surface area contributed by atoms with Crippen molar-refractivity contribution in [3.8, 4) is 17.2 Å². The smallest absolute Gasteiger partial charge is 0.469 e. The van der Waals surface area contributed by atoms with E-state index in [1.807, 2.05) is 0 Å². The van der Waals surface area contributed by atoms with E-state index in [0.29, 0.717) is 10.7 Å². The van der Waals surface area contributed by atoms with Gasteiger partial charge in [-0.2, -0.15) is 13.2 Å². The van der Waals surface area contributed by atoms with E-state index in [1.165, 1.54) is 43.5 Å². The molecule has 0 saturated carbocycles. The van der Waals surface area contributed by atoms with Crippen molar-refractivity contribution < 1.29 is 41.4 Å². The Morgan fingerprint density at radius 3 is 2.33 bits per heavy atom. The van der Waals surface area contributed by atoms with Gasteiger partial charge in [0.1, 0.15) is 5.75 Å². The van der Waals surface area contributed by atoms with Crippen molar-refractivity contribution in [2.24, 2.45) is 5.92 Å². The van der Waals surface area contributed by atoms with Gasteiger partial charge in [0.05, 0.1) is 12.7 Å². The van der Waals surface area contributed by atoms with E-state index in [9.17, 15) is 27.6 Å². The maximum absolute atomic E-state index is 13.0. The SMILES string of the molecule is COC(=O)CC(C)CC(=O)Oc1ccc(-c2nnc(C(F)(F)F)o2)cc1C(=O)Nc1ccc(Cl)cc1. The van der Waals surface area contributed by atoms with E-state index in [0.717, 1.165) is 6.07 Å². The van der Waals surface area contributed by atoms with Crippen LogP contribution in [0, 0.1) is 5.92 Å². The molecule has 0 bridgehead atoms. The molecule has 0 fully saturated rings. The van der Waals surface area contributed by atoms with Crippen LogP contribution in [-0.2, 0) is 20.5 Å². The topological polar surface area (TPSA) is 121 Å². The number of nitrogens with zero attached hydrogens (tertiary/aromatic N) is 2.